The quantitative estimate of drug-likeness (QED) is 0.771. The van der Waals surface area contributed by atoms with Crippen LogP contribution in [0.3, 0.4) is 0 Å². The van der Waals surface area contributed by atoms with Gasteiger partial charge in [-0.3, -0.25) is 4.79 Å². The summed E-state index contributed by atoms with van der Waals surface area (Å²) >= 11 is 0. The number of nitrogens with zero attached hydrogens (tertiary/aromatic N) is 2. The summed E-state index contributed by atoms with van der Waals surface area (Å²) in [5.41, 5.74) is 1.23. The Morgan fingerprint density at radius 1 is 1.05 bits per heavy atom. The Balaban J connectivity index is 1.67. The molecule has 2 saturated heterocycles. The van der Waals surface area contributed by atoms with Crippen LogP contribution in [0.15, 0.2) is 30.3 Å². The summed E-state index contributed by atoms with van der Waals surface area (Å²) in [6.45, 7) is 4.23. The summed E-state index contributed by atoms with van der Waals surface area (Å²) in [6, 6.07) is 9.67. The first kappa shape index (κ1) is 12.7. The molecule has 102 valence electrons. The fourth-order valence-electron chi connectivity index (χ4n) is 3.37. The van der Waals surface area contributed by atoms with E-state index in [2.05, 4.69) is 16.8 Å². The van der Waals surface area contributed by atoms with Gasteiger partial charge in [0.1, 0.15) is 0 Å². The van der Waals surface area contributed by atoms with Crippen molar-refractivity contribution in [1.29, 1.82) is 0 Å². The lowest BCUT2D eigenvalue weighted by molar-refractivity contribution is 0.0736. The molecule has 1 amide bonds. The predicted molar refractivity (Wildman–Crippen MR) is 76.1 cm³/mol. The van der Waals surface area contributed by atoms with Gasteiger partial charge in [0, 0.05) is 18.7 Å². The minimum absolute atomic E-state index is 0.205. The Morgan fingerprint density at radius 2 is 1.68 bits per heavy atom. The molecular weight excluding hydrogens is 236 g/mol. The predicted octanol–water partition coefficient (Wildman–Crippen LogP) is 2.24. The van der Waals surface area contributed by atoms with Gasteiger partial charge in [-0.25, -0.2) is 0 Å². The van der Waals surface area contributed by atoms with Gasteiger partial charge in [-0.15, -0.1) is 0 Å². The first-order valence-electron chi connectivity index (χ1n) is 7.21. The molecule has 3 rings (SSSR count). The van der Waals surface area contributed by atoms with Crippen molar-refractivity contribution < 1.29 is 4.79 Å². The smallest absolute Gasteiger partial charge is 0.253 e. The minimum Gasteiger partial charge on any atom is -0.338 e. The molecule has 2 fully saturated rings. The second-order valence-electron chi connectivity index (χ2n) is 6.15. The fourth-order valence-corrected chi connectivity index (χ4v) is 3.37. The van der Waals surface area contributed by atoms with E-state index >= 15 is 0 Å². The van der Waals surface area contributed by atoms with Gasteiger partial charge in [-0.1, -0.05) is 18.2 Å². The zero-order valence-electron chi connectivity index (χ0n) is 11.6. The van der Waals surface area contributed by atoms with Crippen LogP contribution < -0.4 is 0 Å². The molecule has 2 aliphatic rings. The van der Waals surface area contributed by atoms with E-state index in [1.54, 1.807) is 0 Å². The maximum atomic E-state index is 12.5. The molecule has 0 atom stereocenters. The number of carbonyl (C=O) groups is 1. The summed E-state index contributed by atoms with van der Waals surface area (Å²) in [5.74, 6) is 0.205. The largest absolute Gasteiger partial charge is 0.338 e. The molecule has 0 unspecified atom stereocenters. The molecule has 0 aliphatic carbocycles. The zero-order valence-corrected chi connectivity index (χ0v) is 11.6. The van der Waals surface area contributed by atoms with E-state index in [4.69, 9.17) is 0 Å². The first-order chi connectivity index (χ1) is 9.19. The molecule has 1 aromatic carbocycles. The molecule has 0 saturated carbocycles. The second kappa shape index (κ2) is 4.97. The highest BCUT2D eigenvalue weighted by Crippen LogP contribution is 2.40. The van der Waals surface area contributed by atoms with Crippen molar-refractivity contribution in [3.63, 3.8) is 0 Å². The van der Waals surface area contributed by atoms with Gasteiger partial charge in [0.2, 0.25) is 0 Å². The highest BCUT2D eigenvalue weighted by Gasteiger charge is 2.41. The van der Waals surface area contributed by atoms with Crippen LogP contribution in [-0.4, -0.2) is 48.9 Å². The van der Waals surface area contributed by atoms with Crippen LogP contribution in [0.25, 0.3) is 0 Å². The van der Waals surface area contributed by atoms with Gasteiger partial charge in [0.15, 0.2) is 0 Å². The second-order valence-corrected chi connectivity index (χ2v) is 6.15. The number of hydrogen-bond acceptors (Lipinski definition) is 2. The van der Waals surface area contributed by atoms with Crippen molar-refractivity contribution in [2.24, 2.45) is 5.41 Å². The average molecular weight is 258 g/mol. The molecule has 1 spiro atoms. The highest BCUT2D eigenvalue weighted by atomic mass is 16.2. The van der Waals surface area contributed by atoms with E-state index in [0.717, 1.165) is 18.7 Å². The molecule has 0 N–H and O–H groups in total. The van der Waals surface area contributed by atoms with Gasteiger partial charge in [-0.05, 0) is 56.9 Å². The summed E-state index contributed by atoms with van der Waals surface area (Å²) in [5, 5.41) is 0. The van der Waals surface area contributed by atoms with E-state index in [9.17, 15) is 4.79 Å². The molecule has 0 aromatic heterocycles. The molecule has 19 heavy (non-hydrogen) atoms. The van der Waals surface area contributed by atoms with Crippen LogP contribution in [0.4, 0.5) is 0 Å². The van der Waals surface area contributed by atoms with Gasteiger partial charge in [0.25, 0.3) is 5.91 Å². The van der Waals surface area contributed by atoms with Crippen molar-refractivity contribution in [3.8, 4) is 0 Å². The molecule has 0 radical (unpaired) electrons. The number of carbonyl (C=O) groups excluding carboxylic acids is 1. The summed E-state index contributed by atoms with van der Waals surface area (Å²) in [7, 11) is 2.19. The van der Waals surface area contributed by atoms with E-state index in [0.29, 0.717) is 5.41 Å². The van der Waals surface area contributed by atoms with Crippen LogP contribution >= 0.6 is 0 Å². The maximum absolute atomic E-state index is 12.5. The highest BCUT2D eigenvalue weighted by molar-refractivity contribution is 5.94. The van der Waals surface area contributed by atoms with E-state index < -0.39 is 0 Å². The van der Waals surface area contributed by atoms with Crippen LogP contribution in [0.2, 0.25) is 0 Å². The van der Waals surface area contributed by atoms with Crippen LogP contribution in [0.1, 0.15) is 29.6 Å². The van der Waals surface area contributed by atoms with Gasteiger partial charge >= 0.3 is 0 Å². The third-order valence-electron chi connectivity index (χ3n) is 4.79. The standard InChI is InChI=1S/C16H22N2O/c1-17-10-7-16(8-11-17)9-12-18(13-16)15(19)14-5-3-2-4-6-14/h2-6H,7-13H2,1H3. The fraction of sp³-hybridized carbons (Fsp3) is 0.562. The number of piperidine rings is 1. The first-order valence-corrected chi connectivity index (χ1v) is 7.21. The van der Waals surface area contributed by atoms with Crippen molar-refractivity contribution in [3.05, 3.63) is 35.9 Å². The molecular formula is C16H22N2O. The third kappa shape index (κ3) is 2.52. The molecule has 2 aliphatic heterocycles. The molecule has 1 aromatic rings. The Morgan fingerprint density at radius 3 is 2.37 bits per heavy atom. The van der Waals surface area contributed by atoms with Crippen molar-refractivity contribution in [2.45, 2.75) is 19.3 Å². The van der Waals surface area contributed by atoms with Gasteiger partial charge in [-0.2, -0.15) is 0 Å². The van der Waals surface area contributed by atoms with Crippen molar-refractivity contribution >= 4 is 5.91 Å². The van der Waals surface area contributed by atoms with Crippen molar-refractivity contribution in [1.82, 2.24) is 9.80 Å². The Kier molecular flexibility index (Phi) is 3.31. The van der Waals surface area contributed by atoms with Crippen LogP contribution in [-0.2, 0) is 0 Å². The SMILES string of the molecule is CN1CCC2(CC1)CCN(C(=O)c1ccccc1)C2. The molecule has 0 bridgehead atoms. The Hall–Kier alpha value is -1.35. The lowest BCUT2D eigenvalue weighted by Crippen LogP contribution is -2.40. The third-order valence-corrected chi connectivity index (χ3v) is 4.79. The van der Waals surface area contributed by atoms with Crippen LogP contribution in [0, 0.1) is 5.41 Å². The summed E-state index contributed by atoms with van der Waals surface area (Å²) in [4.78, 5) is 16.9. The van der Waals surface area contributed by atoms with Gasteiger partial charge in [0.05, 0.1) is 0 Å². The lowest BCUT2D eigenvalue weighted by atomic mass is 9.78. The minimum atomic E-state index is 0.205. The Labute approximate surface area is 115 Å². The summed E-state index contributed by atoms with van der Waals surface area (Å²) in [6.07, 6.45) is 3.66. The van der Waals surface area contributed by atoms with Crippen molar-refractivity contribution in [2.75, 3.05) is 33.2 Å². The number of likely N-dealkylation sites (tertiary alicyclic amines) is 2. The number of benzene rings is 1. The number of hydrogen-bond donors (Lipinski definition) is 0. The molecule has 3 nitrogen and oxygen atoms in total. The molecule has 2 heterocycles. The normalized spacial score (nSPS) is 22.9. The van der Waals surface area contributed by atoms with Gasteiger partial charge < -0.3 is 9.80 Å². The monoisotopic (exact) mass is 258 g/mol. The average Bonchev–Trinajstić information content (AvgIpc) is 2.87. The maximum Gasteiger partial charge on any atom is 0.253 e. The van der Waals surface area contributed by atoms with E-state index in [1.807, 2.05) is 30.3 Å². The van der Waals surface area contributed by atoms with E-state index in [-0.39, 0.29) is 5.91 Å². The van der Waals surface area contributed by atoms with E-state index in [1.165, 1.54) is 32.4 Å². The van der Waals surface area contributed by atoms with Crippen LogP contribution in [0.5, 0.6) is 0 Å². The Bertz CT molecular complexity index is 449. The zero-order chi connectivity index (χ0) is 13.3. The number of amides is 1. The topological polar surface area (TPSA) is 23.6 Å². The lowest BCUT2D eigenvalue weighted by Gasteiger charge is -2.37. The number of rotatable bonds is 1. The molecule has 3 heteroatoms. The summed E-state index contributed by atoms with van der Waals surface area (Å²) < 4.78 is 0.